The maximum atomic E-state index is 14.0. The molecule has 1 aromatic carbocycles. The molecular weight excluding hydrogens is 193 g/mol. The van der Waals surface area contributed by atoms with Crippen LogP contribution in [-0.2, 0) is 5.54 Å². The van der Waals surface area contributed by atoms with Crippen molar-refractivity contribution in [2.75, 3.05) is 6.54 Å². The topological polar surface area (TPSA) is 32.3 Å². The van der Waals surface area contributed by atoms with Gasteiger partial charge in [0.25, 0.3) is 0 Å². The van der Waals surface area contributed by atoms with Crippen LogP contribution in [0.3, 0.4) is 0 Å². The molecule has 2 nitrogen and oxygen atoms in total. The molecule has 1 saturated heterocycles. The Morgan fingerprint density at radius 3 is 2.80 bits per heavy atom. The average Bonchev–Trinajstić information content (AvgIpc) is 2.60. The third-order valence-electron chi connectivity index (χ3n) is 3.23. The fourth-order valence-corrected chi connectivity index (χ4v) is 2.30. The fraction of sp³-hybridized carbons (Fsp3) is 0.500. The second-order valence-electron chi connectivity index (χ2n) is 4.45. The van der Waals surface area contributed by atoms with Gasteiger partial charge in [0.2, 0.25) is 0 Å². The number of hydrogen-bond donors (Lipinski definition) is 2. The molecule has 0 radical (unpaired) electrons. The number of phenolic OH excluding ortho intramolecular Hbond substituents is 1. The monoisotopic (exact) mass is 209 g/mol. The Labute approximate surface area is 89.1 Å². The standard InChI is InChI=1S/C12H16FNO/c1-8-4-5-9(15)10(11(8)13)12(2)6-3-7-14-12/h4-5,14-15H,3,6-7H2,1-2H3. The lowest BCUT2D eigenvalue weighted by atomic mass is 9.88. The van der Waals surface area contributed by atoms with Gasteiger partial charge in [0.15, 0.2) is 0 Å². The summed E-state index contributed by atoms with van der Waals surface area (Å²) in [5, 5.41) is 13.0. The second-order valence-corrected chi connectivity index (χ2v) is 4.45. The Balaban J connectivity index is 2.55. The van der Waals surface area contributed by atoms with Gasteiger partial charge in [-0.1, -0.05) is 6.07 Å². The van der Waals surface area contributed by atoms with Gasteiger partial charge < -0.3 is 10.4 Å². The number of aromatic hydroxyl groups is 1. The van der Waals surface area contributed by atoms with Crippen molar-refractivity contribution in [3.63, 3.8) is 0 Å². The van der Waals surface area contributed by atoms with Crippen LogP contribution in [0, 0.1) is 12.7 Å². The zero-order chi connectivity index (χ0) is 11.1. The smallest absolute Gasteiger partial charge is 0.134 e. The number of benzene rings is 1. The summed E-state index contributed by atoms with van der Waals surface area (Å²) in [4.78, 5) is 0. The molecule has 82 valence electrons. The first-order valence-corrected chi connectivity index (χ1v) is 5.28. The molecular formula is C12H16FNO. The van der Waals surface area contributed by atoms with Crippen molar-refractivity contribution >= 4 is 0 Å². The highest BCUT2D eigenvalue weighted by Crippen LogP contribution is 2.38. The van der Waals surface area contributed by atoms with Gasteiger partial charge in [0.05, 0.1) is 0 Å². The van der Waals surface area contributed by atoms with Crippen LogP contribution in [-0.4, -0.2) is 11.7 Å². The number of rotatable bonds is 1. The molecule has 0 aliphatic carbocycles. The molecule has 0 bridgehead atoms. The number of phenols is 1. The van der Waals surface area contributed by atoms with Crippen molar-refractivity contribution < 1.29 is 9.50 Å². The van der Waals surface area contributed by atoms with Crippen LogP contribution in [0.25, 0.3) is 0 Å². The van der Waals surface area contributed by atoms with Crippen LogP contribution < -0.4 is 5.32 Å². The maximum Gasteiger partial charge on any atom is 0.134 e. The van der Waals surface area contributed by atoms with E-state index < -0.39 is 5.54 Å². The van der Waals surface area contributed by atoms with Gasteiger partial charge in [0, 0.05) is 11.1 Å². The molecule has 0 amide bonds. The molecule has 1 aromatic rings. The van der Waals surface area contributed by atoms with Crippen LogP contribution in [0.15, 0.2) is 12.1 Å². The SMILES string of the molecule is Cc1ccc(O)c(C2(C)CCCN2)c1F. The Bertz CT molecular complexity index is 383. The zero-order valence-corrected chi connectivity index (χ0v) is 9.10. The van der Waals surface area contributed by atoms with Crippen molar-refractivity contribution in [3.05, 3.63) is 29.1 Å². The summed E-state index contributed by atoms with van der Waals surface area (Å²) in [7, 11) is 0. The predicted octanol–water partition coefficient (Wildman–Crippen LogP) is 2.44. The van der Waals surface area contributed by atoms with Crippen molar-refractivity contribution in [2.45, 2.75) is 32.2 Å². The highest BCUT2D eigenvalue weighted by molar-refractivity contribution is 5.42. The predicted molar refractivity (Wildman–Crippen MR) is 57.4 cm³/mol. The number of halogens is 1. The summed E-state index contributed by atoms with van der Waals surface area (Å²) < 4.78 is 14.0. The molecule has 15 heavy (non-hydrogen) atoms. The largest absolute Gasteiger partial charge is 0.507 e. The van der Waals surface area contributed by atoms with Crippen molar-refractivity contribution in [1.29, 1.82) is 0 Å². The first kappa shape index (κ1) is 10.4. The normalized spacial score (nSPS) is 25.8. The molecule has 3 heteroatoms. The summed E-state index contributed by atoms with van der Waals surface area (Å²) in [5.74, 6) is -0.234. The third-order valence-corrected chi connectivity index (χ3v) is 3.23. The third kappa shape index (κ3) is 1.61. The lowest BCUT2D eigenvalue weighted by molar-refractivity contribution is 0.373. The van der Waals surface area contributed by atoms with Gasteiger partial charge in [-0.2, -0.15) is 0 Å². The Morgan fingerprint density at radius 2 is 2.20 bits per heavy atom. The van der Waals surface area contributed by atoms with E-state index in [9.17, 15) is 9.50 Å². The van der Waals surface area contributed by atoms with Gasteiger partial charge in [-0.15, -0.1) is 0 Å². The van der Waals surface area contributed by atoms with E-state index in [1.807, 2.05) is 6.92 Å². The highest BCUT2D eigenvalue weighted by atomic mass is 19.1. The van der Waals surface area contributed by atoms with Gasteiger partial charge in [-0.25, -0.2) is 4.39 Å². The summed E-state index contributed by atoms with van der Waals surface area (Å²) >= 11 is 0. The first-order chi connectivity index (χ1) is 7.04. The molecule has 1 aliphatic rings. The Kier molecular flexibility index (Phi) is 2.43. The van der Waals surface area contributed by atoms with E-state index in [0.29, 0.717) is 11.1 Å². The van der Waals surface area contributed by atoms with Gasteiger partial charge >= 0.3 is 0 Å². The van der Waals surface area contributed by atoms with E-state index in [0.717, 1.165) is 19.4 Å². The molecule has 1 aliphatic heterocycles. The minimum Gasteiger partial charge on any atom is -0.507 e. The van der Waals surface area contributed by atoms with E-state index in [4.69, 9.17) is 0 Å². The van der Waals surface area contributed by atoms with Crippen LogP contribution in [0.5, 0.6) is 5.75 Å². The molecule has 1 fully saturated rings. The van der Waals surface area contributed by atoms with E-state index in [1.54, 1.807) is 19.1 Å². The average molecular weight is 209 g/mol. The van der Waals surface area contributed by atoms with Crippen LogP contribution >= 0.6 is 0 Å². The van der Waals surface area contributed by atoms with Crippen LogP contribution in [0.4, 0.5) is 4.39 Å². The molecule has 1 unspecified atom stereocenters. The summed E-state index contributed by atoms with van der Waals surface area (Å²) in [6.45, 7) is 4.54. The quantitative estimate of drug-likeness (QED) is 0.744. The molecule has 0 saturated carbocycles. The van der Waals surface area contributed by atoms with Gasteiger partial charge in [0.1, 0.15) is 11.6 Å². The first-order valence-electron chi connectivity index (χ1n) is 5.28. The van der Waals surface area contributed by atoms with Gasteiger partial charge in [-0.05, 0) is 44.9 Å². The number of hydrogen-bond acceptors (Lipinski definition) is 2. The van der Waals surface area contributed by atoms with E-state index in [1.165, 1.54) is 0 Å². The van der Waals surface area contributed by atoms with Crippen LogP contribution in [0.2, 0.25) is 0 Å². The van der Waals surface area contributed by atoms with E-state index in [-0.39, 0.29) is 11.6 Å². The summed E-state index contributed by atoms with van der Waals surface area (Å²) in [5.41, 5.74) is 0.581. The second kappa shape index (κ2) is 3.49. The molecule has 0 spiro atoms. The van der Waals surface area contributed by atoms with Crippen molar-refractivity contribution in [3.8, 4) is 5.75 Å². The summed E-state index contributed by atoms with van der Waals surface area (Å²) in [6, 6.07) is 3.17. The number of aryl methyl sites for hydroxylation is 1. The lowest BCUT2D eigenvalue weighted by Crippen LogP contribution is -2.34. The Hall–Kier alpha value is -1.09. The van der Waals surface area contributed by atoms with E-state index in [2.05, 4.69) is 5.32 Å². The zero-order valence-electron chi connectivity index (χ0n) is 9.10. The molecule has 1 heterocycles. The fourth-order valence-electron chi connectivity index (χ4n) is 2.30. The molecule has 2 rings (SSSR count). The minimum absolute atomic E-state index is 0.0509. The molecule has 1 atom stereocenters. The highest BCUT2D eigenvalue weighted by Gasteiger charge is 2.35. The minimum atomic E-state index is -0.416. The number of nitrogens with one attached hydrogen (secondary N) is 1. The van der Waals surface area contributed by atoms with Crippen molar-refractivity contribution in [1.82, 2.24) is 5.32 Å². The van der Waals surface area contributed by atoms with Crippen LogP contribution in [0.1, 0.15) is 30.9 Å². The summed E-state index contributed by atoms with van der Waals surface area (Å²) in [6.07, 6.45) is 1.88. The Morgan fingerprint density at radius 1 is 1.47 bits per heavy atom. The lowest BCUT2D eigenvalue weighted by Gasteiger charge is -2.26. The maximum absolute atomic E-state index is 14.0. The molecule has 2 N–H and O–H groups in total. The van der Waals surface area contributed by atoms with E-state index >= 15 is 0 Å². The van der Waals surface area contributed by atoms with Crippen molar-refractivity contribution in [2.24, 2.45) is 0 Å². The molecule has 0 aromatic heterocycles. The van der Waals surface area contributed by atoms with Gasteiger partial charge in [-0.3, -0.25) is 0 Å².